The van der Waals surface area contributed by atoms with Crippen molar-refractivity contribution in [3.63, 3.8) is 0 Å². The first-order valence-electron chi connectivity index (χ1n) is 9.44. The number of carbonyl (C=O) groups is 2. The van der Waals surface area contributed by atoms with Crippen molar-refractivity contribution in [2.75, 3.05) is 0 Å². The number of fused-ring (bicyclic) bond motifs is 1. The van der Waals surface area contributed by atoms with Crippen LogP contribution < -0.4 is 22.1 Å². The van der Waals surface area contributed by atoms with Crippen molar-refractivity contribution >= 4 is 34.3 Å². The van der Waals surface area contributed by atoms with E-state index in [0.29, 0.717) is 10.7 Å². The van der Waals surface area contributed by atoms with Crippen LogP contribution in [0.25, 0.3) is 21.6 Å². The van der Waals surface area contributed by atoms with Crippen LogP contribution >= 0.6 is 11.3 Å². The highest BCUT2D eigenvalue weighted by molar-refractivity contribution is 7.17. The van der Waals surface area contributed by atoms with Gasteiger partial charge in [-0.3, -0.25) is 34.8 Å². The highest BCUT2D eigenvalue weighted by Crippen LogP contribution is 2.28. The molecule has 4 rings (SSSR count). The number of H-pyrrole nitrogens is 2. The smallest absolute Gasteiger partial charge is 0.329 e. The minimum absolute atomic E-state index is 0.0166. The van der Waals surface area contributed by atoms with E-state index >= 15 is 0 Å². The molecule has 4 N–H and O–H groups in total. The van der Waals surface area contributed by atoms with Crippen molar-refractivity contribution < 1.29 is 14.0 Å². The molecular weight excluding hydrogens is 439 g/mol. The average Bonchev–Trinajstić information content (AvgIpc) is 3.43. The Morgan fingerprint density at radius 3 is 2.59 bits per heavy atom. The van der Waals surface area contributed by atoms with E-state index in [0.717, 1.165) is 10.4 Å². The zero-order valence-electron chi connectivity index (χ0n) is 16.7. The van der Waals surface area contributed by atoms with Crippen molar-refractivity contribution in [1.29, 1.82) is 0 Å². The number of aryl methyl sites for hydroxylation is 2. The number of carbonyl (C=O) groups excluding carboxylic acids is 2. The highest BCUT2D eigenvalue weighted by atomic mass is 32.1. The van der Waals surface area contributed by atoms with Crippen molar-refractivity contribution in [3.8, 4) is 10.4 Å². The molecule has 0 bridgehead atoms. The third-order valence-electron chi connectivity index (χ3n) is 4.67. The van der Waals surface area contributed by atoms with Gasteiger partial charge in [0.15, 0.2) is 5.65 Å². The fourth-order valence-electron chi connectivity index (χ4n) is 2.98. The zero-order valence-corrected chi connectivity index (χ0v) is 17.5. The largest absolute Gasteiger partial charge is 0.336 e. The summed E-state index contributed by atoms with van der Waals surface area (Å²) in [4.78, 5) is 58.1. The Balaban J connectivity index is 1.33. The van der Waals surface area contributed by atoms with Crippen LogP contribution in [-0.4, -0.2) is 31.3 Å². The van der Waals surface area contributed by atoms with Crippen LogP contribution in [0.4, 0.5) is 4.39 Å². The molecule has 0 unspecified atom stereocenters. The van der Waals surface area contributed by atoms with E-state index in [9.17, 15) is 23.6 Å². The van der Waals surface area contributed by atoms with Gasteiger partial charge >= 0.3 is 5.69 Å². The van der Waals surface area contributed by atoms with Crippen molar-refractivity contribution in [2.45, 2.75) is 12.8 Å². The number of rotatable bonds is 5. The van der Waals surface area contributed by atoms with Crippen LogP contribution in [-0.2, 0) is 18.3 Å². The first-order valence-corrected chi connectivity index (χ1v) is 10.3. The summed E-state index contributed by atoms with van der Waals surface area (Å²) in [5, 5.41) is 0. The number of nitrogens with one attached hydrogen (secondary N) is 4. The Hall–Kier alpha value is -4.06. The van der Waals surface area contributed by atoms with E-state index in [4.69, 9.17) is 0 Å². The molecular formula is C20H17FN6O4S. The number of aromatic nitrogens is 4. The molecule has 32 heavy (non-hydrogen) atoms. The first-order chi connectivity index (χ1) is 15.3. The molecule has 164 valence electrons. The van der Waals surface area contributed by atoms with Crippen LogP contribution in [0.1, 0.15) is 21.9 Å². The molecule has 0 aliphatic rings. The minimum Gasteiger partial charge on any atom is -0.336 e. The van der Waals surface area contributed by atoms with Gasteiger partial charge in [0, 0.05) is 24.8 Å². The predicted molar refractivity (Wildman–Crippen MR) is 116 cm³/mol. The maximum Gasteiger partial charge on any atom is 0.329 e. The Kier molecular flexibility index (Phi) is 5.69. The molecule has 10 nitrogen and oxygen atoms in total. The summed E-state index contributed by atoms with van der Waals surface area (Å²) in [7, 11) is 1.47. The second-order valence-electron chi connectivity index (χ2n) is 6.87. The monoisotopic (exact) mass is 456 g/mol. The number of halogens is 1. The van der Waals surface area contributed by atoms with E-state index < -0.39 is 23.1 Å². The third-order valence-corrected chi connectivity index (χ3v) is 5.80. The average molecular weight is 456 g/mol. The summed E-state index contributed by atoms with van der Waals surface area (Å²) < 4.78 is 14.2. The van der Waals surface area contributed by atoms with Crippen LogP contribution in [0, 0.1) is 5.82 Å². The van der Waals surface area contributed by atoms with E-state index in [1.54, 1.807) is 24.3 Å². The van der Waals surface area contributed by atoms with Crippen LogP contribution in [0.15, 0.2) is 46.0 Å². The molecule has 3 aromatic heterocycles. The van der Waals surface area contributed by atoms with Gasteiger partial charge in [0.25, 0.3) is 11.5 Å². The fraction of sp³-hybridized carbons (Fsp3) is 0.150. The summed E-state index contributed by atoms with van der Waals surface area (Å²) >= 11 is 1.21. The molecule has 0 saturated heterocycles. The van der Waals surface area contributed by atoms with Crippen LogP contribution in [0.3, 0.4) is 0 Å². The van der Waals surface area contributed by atoms with Crippen LogP contribution in [0.2, 0.25) is 0 Å². The summed E-state index contributed by atoms with van der Waals surface area (Å²) in [6.45, 7) is 0. The van der Waals surface area contributed by atoms with Gasteiger partial charge in [-0.05, 0) is 29.8 Å². The van der Waals surface area contributed by atoms with Gasteiger partial charge in [0.05, 0.1) is 4.88 Å². The second kappa shape index (κ2) is 8.59. The molecule has 12 heteroatoms. The summed E-state index contributed by atoms with van der Waals surface area (Å²) in [6.07, 6.45) is 0.148. The van der Waals surface area contributed by atoms with E-state index in [2.05, 4.69) is 25.8 Å². The number of benzene rings is 1. The van der Waals surface area contributed by atoms with Gasteiger partial charge in [-0.25, -0.2) is 14.2 Å². The standard InChI is InChI=1S/C20H17FN6O4S/c1-27-17-16(19(30)24-20(27)31)22-14(23-17)8-9-15(28)25-26-18(29)13-7-6-12(32-13)10-2-4-11(21)5-3-10/h2-7H,8-9H2,1H3,(H,22,23)(H,25,28)(H,26,29)(H,24,30,31). The van der Waals surface area contributed by atoms with E-state index in [1.807, 2.05) is 0 Å². The molecule has 4 aromatic rings. The molecule has 0 spiro atoms. The summed E-state index contributed by atoms with van der Waals surface area (Å²) in [5.74, 6) is -0.932. The number of amides is 2. The van der Waals surface area contributed by atoms with Crippen LogP contribution in [0.5, 0.6) is 0 Å². The topological polar surface area (TPSA) is 142 Å². The summed E-state index contributed by atoms with van der Waals surface area (Å²) in [6, 6.07) is 9.27. The van der Waals surface area contributed by atoms with E-state index in [1.165, 1.54) is 35.1 Å². The molecule has 3 heterocycles. The van der Waals surface area contributed by atoms with E-state index in [-0.39, 0.29) is 29.8 Å². The molecule has 0 aliphatic heterocycles. The number of hydrogen-bond donors (Lipinski definition) is 4. The Labute approximate surface area is 183 Å². The minimum atomic E-state index is -0.588. The second-order valence-corrected chi connectivity index (χ2v) is 7.96. The van der Waals surface area contributed by atoms with Gasteiger partial charge in [-0.15, -0.1) is 11.3 Å². The number of thiophene rings is 1. The van der Waals surface area contributed by atoms with Gasteiger partial charge in [-0.2, -0.15) is 0 Å². The molecule has 0 atom stereocenters. The number of nitrogens with zero attached hydrogens (tertiary/aromatic N) is 2. The lowest BCUT2D eigenvalue weighted by atomic mass is 10.2. The molecule has 0 radical (unpaired) electrons. The highest BCUT2D eigenvalue weighted by Gasteiger charge is 2.14. The SMILES string of the molecule is Cn1c(=O)[nH]c(=O)c2[nH]c(CCC(=O)NNC(=O)c3ccc(-c4ccc(F)cc4)s3)nc21. The quantitative estimate of drug-likeness (QED) is 0.334. The Bertz CT molecular complexity index is 1430. The fourth-order valence-corrected chi connectivity index (χ4v) is 3.89. The molecule has 0 fully saturated rings. The van der Waals surface area contributed by atoms with Gasteiger partial charge in [0.1, 0.15) is 17.2 Å². The molecule has 1 aromatic carbocycles. The molecule has 0 saturated carbocycles. The number of aromatic amines is 2. The van der Waals surface area contributed by atoms with Crippen molar-refractivity contribution in [3.05, 3.63) is 73.8 Å². The lowest BCUT2D eigenvalue weighted by Crippen LogP contribution is -2.41. The van der Waals surface area contributed by atoms with Gasteiger partial charge in [0.2, 0.25) is 5.91 Å². The lowest BCUT2D eigenvalue weighted by molar-refractivity contribution is -0.121. The van der Waals surface area contributed by atoms with Gasteiger partial charge < -0.3 is 4.98 Å². The number of hydrazine groups is 1. The predicted octanol–water partition coefficient (Wildman–Crippen LogP) is 1.21. The third kappa shape index (κ3) is 4.34. The first kappa shape index (κ1) is 21.2. The maximum atomic E-state index is 13.1. The number of hydrogen-bond acceptors (Lipinski definition) is 6. The Morgan fingerprint density at radius 1 is 1.09 bits per heavy atom. The van der Waals surface area contributed by atoms with Crippen molar-refractivity contribution in [2.24, 2.45) is 7.05 Å². The Morgan fingerprint density at radius 2 is 1.84 bits per heavy atom. The molecule has 2 amide bonds. The molecule has 0 aliphatic carbocycles. The van der Waals surface area contributed by atoms with Gasteiger partial charge in [-0.1, -0.05) is 12.1 Å². The zero-order chi connectivity index (χ0) is 22.8. The number of imidazole rings is 1. The summed E-state index contributed by atoms with van der Waals surface area (Å²) in [5.41, 5.74) is 4.61. The van der Waals surface area contributed by atoms with Crippen molar-refractivity contribution in [1.82, 2.24) is 30.4 Å². The normalized spacial score (nSPS) is 10.9. The maximum absolute atomic E-state index is 13.1. The lowest BCUT2D eigenvalue weighted by Gasteiger charge is -2.05.